The van der Waals surface area contributed by atoms with Gasteiger partial charge in [-0.1, -0.05) is 12.6 Å². The monoisotopic (exact) mass is 654 g/mol. The van der Waals surface area contributed by atoms with Gasteiger partial charge in [0.1, 0.15) is 17.0 Å². The number of carbonyl (C=O) groups is 1. The molecule has 0 bridgehead atoms. The second kappa shape index (κ2) is 13.3. The maximum atomic E-state index is 12.9. The molecule has 2 N–H and O–H groups in total. The first-order valence-corrected chi connectivity index (χ1v) is 16.8. The van der Waals surface area contributed by atoms with E-state index in [-0.39, 0.29) is 22.7 Å². The molecule has 0 aliphatic carbocycles. The van der Waals surface area contributed by atoms with Crippen LogP contribution in [0.1, 0.15) is 47.4 Å². The summed E-state index contributed by atoms with van der Waals surface area (Å²) in [5.41, 5.74) is 4.78. The summed E-state index contributed by atoms with van der Waals surface area (Å²) in [5.74, 6) is 0.715. The van der Waals surface area contributed by atoms with Crippen molar-refractivity contribution in [2.75, 3.05) is 31.5 Å². The molecule has 46 heavy (non-hydrogen) atoms. The number of piperidine rings is 2. The third-order valence-electron chi connectivity index (χ3n) is 9.69. The number of hydrogen-bond acceptors (Lipinski definition) is 7. The normalized spacial score (nSPS) is 18.0. The Morgan fingerprint density at radius 2 is 1.85 bits per heavy atom. The van der Waals surface area contributed by atoms with E-state index in [4.69, 9.17) is 0 Å². The molecule has 0 spiro atoms. The van der Waals surface area contributed by atoms with Crippen LogP contribution in [0.4, 0.5) is 19.0 Å². The van der Waals surface area contributed by atoms with Gasteiger partial charge in [0.05, 0.1) is 17.9 Å². The number of aromatic nitrogens is 3. The first-order valence-electron chi connectivity index (χ1n) is 16.0. The lowest BCUT2D eigenvalue weighted by Crippen LogP contribution is -2.41. The van der Waals surface area contributed by atoms with E-state index < -0.39 is 18.7 Å². The molecule has 5 heterocycles. The van der Waals surface area contributed by atoms with E-state index >= 15 is 0 Å². The van der Waals surface area contributed by atoms with E-state index in [1.807, 2.05) is 0 Å². The van der Waals surface area contributed by atoms with Crippen LogP contribution in [0.5, 0.6) is 0 Å². The minimum atomic E-state index is -4.25. The van der Waals surface area contributed by atoms with Crippen molar-refractivity contribution in [3.8, 4) is 0 Å². The van der Waals surface area contributed by atoms with Gasteiger partial charge in [0.25, 0.3) is 0 Å². The van der Waals surface area contributed by atoms with Crippen molar-refractivity contribution in [1.29, 1.82) is 0 Å². The fourth-order valence-electron chi connectivity index (χ4n) is 7.01. The second-order valence-electron chi connectivity index (χ2n) is 12.8. The van der Waals surface area contributed by atoms with Crippen molar-refractivity contribution in [1.82, 2.24) is 24.3 Å². The molecule has 246 valence electrons. The van der Waals surface area contributed by atoms with Crippen molar-refractivity contribution in [2.24, 2.45) is 5.92 Å². The summed E-state index contributed by atoms with van der Waals surface area (Å²) in [4.78, 5) is 25.5. The van der Waals surface area contributed by atoms with E-state index in [1.54, 1.807) is 11.0 Å². The average molecular weight is 655 g/mol. The predicted octanol–water partition coefficient (Wildman–Crippen LogP) is 6.23. The van der Waals surface area contributed by atoms with Gasteiger partial charge in [-0.15, -0.1) is 11.3 Å². The minimum absolute atomic E-state index is 0.0430. The molecule has 3 aromatic heterocycles. The lowest BCUT2D eigenvalue weighted by molar-refractivity contribution is -0.128. The summed E-state index contributed by atoms with van der Waals surface area (Å²) >= 11 is 1.07. The number of anilines is 1. The summed E-state index contributed by atoms with van der Waals surface area (Å²) < 4.78 is 41.0. The molecule has 2 fully saturated rings. The molecule has 1 unspecified atom stereocenters. The first-order chi connectivity index (χ1) is 22.0. The van der Waals surface area contributed by atoms with Gasteiger partial charge in [-0.05, 0) is 80.9 Å². The largest absolute Gasteiger partial charge is 0.393 e. The molecule has 2 aliphatic heterocycles. The molecule has 1 aromatic carbocycles. The molecule has 4 aromatic rings. The van der Waals surface area contributed by atoms with Gasteiger partial charge in [0.15, 0.2) is 0 Å². The molecule has 0 radical (unpaired) electrons. The van der Waals surface area contributed by atoms with Crippen LogP contribution in [-0.4, -0.2) is 79.8 Å². The van der Waals surface area contributed by atoms with E-state index in [2.05, 4.69) is 63.4 Å². The SMILES string of the molecule is C=CC(=O)N1CCC(C(O)Cn2c(C)cc3c(C)c(CN4CCC(Nc5ncnc6sc(CC(F)(F)F)cc56)CC4)ccc32)CC1. The van der Waals surface area contributed by atoms with Crippen LogP contribution in [0.15, 0.2) is 43.2 Å². The highest BCUT2D eigenvalue weighted by Gasteiger charge is 2.30. The summed E-state index contributed by atoms with van der Waals surface area (Å²) in [7, 11) is 0. The fraction of sp³-hybridized carbons (Fsp3) is 0.500. The van der Waals surface area contributed by atoms with Crippen LogP contribution >= 0.6 is 11.3 Å². The van der Waals surface area contributed by atoms with Crippen LogP contribution < -0.4 is 5.32 Å². The Balaban J connectivity index is 1.06. The molecule has 0 saturated carbocycles. The molecule has 6 rings (SSSR count). The van der Waals surface area contributed by atoms with Gasteiger partial charge < -0.3 is 19.9 Å². The highest BCUT2D eigenvalue weighted by molar-refractivity contribution is 7.18. The van der Waals surface area contributed by atoms with Gasteiger partial charge in [0, 0.05) is 66.8 Å². The van der Waals surface area contributed by atoms with Crippen molar-refractivity contribution in [2.45, 2.75) is 77.4 Å². The molecule has 2 saturated heterocycles. The summed E-state index contributed by atoms with van der Waals surface area (Å²) in [5, 5.41) is 16.5. The number of likely N-dealkylation sites (tertiary alicyclic amines) is 2. The van der Waals surface area contributed by atoms with Gasteiger partial charge in [-0.2, -0.15) is 13.2 Å². The summed E-state index contributed by atoms with van der Waals surface area (Å²) in [6.45, 7) is 12.3. The molecular weight excluding hydrogens is 613 g/mol. The van der Waals surface area contributed by atoms with Crippen LogP contribution in [0, 0.1) is 19.8 Å². The number of carbonyl (C=O) groups excluding carboxylic acids is 1. The van der Waals surface area contributed by atoms with Gasteiger partial charge >= 0.3 is 6.18 Å². The number of aliphatic hydroxyl groups excluding tert-OH is 1. The zero-order valence-corrected chi connectivity index (χ0v) is 27.1. The average Bonchev–Trinajstić information content (AvgIpc) is 3.58. The topological polar surface area (TPSA) is 86.5 Å². The van der Waals surface area contributed by atoms with Crippen LogP contribution in [0.25, 0.3) is 21.1 Å². The first kappa shape index (κ1) is 32.5. The number of alkyl halides is 3. The Labute approximate surface area is 270 Å². The van der Waals surface area contributed by atoms with Crippen LogP contribution in [-0.2, 0) is 24.3 Å². The highest BCUT2D eigenvalue weighted by atomic mass is 32.1. The van der Waals surface area contributed by atoms with E-state index in [0.717, 1.165) is 67.9 Å². The number of halogens is 3. The fourth-order valence-corrected chi connectivity index (χ4v) is 8.04. The second-order valence-corrected chi connectivity index (χ2v) is 13.9. The number of rotatable bonds is 9. The lowest BCUT2D eigenvalue weighted by atomic mass is 9.91. The number of aryl methyl sites for hydroxylation is 2. The van der Waals surface area contributed by atoms with E-state index in [0.29, 0.717) is 35.7 Å². The molecule has 12 heteroatoms. The molecule has 1 amide bonds. The summed E-state index contributed by atoms with van der Waals surface area (Å²) in [6.07, 6.45) is 0.462. The summed E-state index contributed by atoms with van der Waals surface area (Å²) in [6, 6.07) is 8.34. The number of hydrogen-bond donors (Lipinski definition) is 2. The van der Waals surface area contributed by atoms with Crippen molar-refractivity contribution in [3.63, 3.8) is 0 Å². The Bertz CT molecular complexity index is 1720. The zero-order chi connectivity index (χ0) is 32.6. The third-order valence-corrected chi connectivity index (χ3v) is 10.7. The Morgan fingerprint density at radius 1 is 1.11 bits per heavy atom. The maximum absolute atomic E-state index is 12.9. The number of thiophene rings is 1. The Hall–Kier alpha value is -3.48. The van der Waals surface area contributed by atoms with Gasteiger partial charge in [0.2, 0.25) is 5.91 Å². The van der Waals surface area contributed by atoms with Gasteiger partial charge in [-0.25, -0.2) is 9.97 Å². The molecule has 2 aliphatic rings. The standard InChI is InChI=1S/C34H41F3N6O2S/c1-4-31(45)42-13-7-23(8-14-42)30(44)19-43-21(2)15-27-22(3)24(5-6-29(27)43)18-41-11-9-25(10-12-41)40-32-28-16-26(17-34(35,36)37)46-33(28)39-20-38-32/h4-6,15-16,20,23,25,30,44H,1,7-14,17-19H2,2-3H3,(H,38,39,40). The van der Waals surface area contributed by atoms with Crippen molar-refractivity contribution < 1.29 is 23.1 Å². The smallest absolute Gasteiger partial charge is 0.391 e. The number of nitrogens with one attached hydrogen (secondary N) is 1. The zero-order valence-electron chi connectivity index (χ0n) is 26.3. The third kappa shape index (κ3) is 7.08. The van der Waals surface area contributed by atoms with Crippen LogP contribution in [0.3, 0.4) is 0 Å². The quantitative estimate of drug-likeness (QED) is 0.208. The van der Waals surface area contributed by atoms with Crippen molar-refractivity contribution in [3.05, 3.63) is 64.9 Å². The Morgan fingerprint density at radius 3 is 2.54 bits per heavy atom. The predicted molar refractivity (Wildman–Crippen MR) is 176 cm³/mol. The number of nitrogens with zero attached hydrogens (tertiary/aromatic N) is 5. The van der Waals surface area contributed by atoms with E-state index in [9.17, 15) is 23.1 Å². The highest BCUT2D eigenvalue weighted by Crippen LogP contribution is 2.34. The van der Waals surface area contributed by atoms with Crippen LogP contribution in [0.2, 0.25) is 0 Å². The van der Waals surface area contributed by atoms with Crippen molar-refractivity contribution >= 4 is 44.2 Å². The van der Waals surface area contributed by atoms with E-state index in [1.165, 1.54) is 28.9 Å². The molecule has 1 atom stereocenters. The molecule has 8 nitrogen and oxygen atoms in total. The number of fused-ring (bicyclic) bond motifs is 2. The Kier molecular flexibility index (Phi) is 9.40. The minimum Gasteiger partial charge on any atom is -0.391 e. The molecular formula is C34H41F3N6O2S. The van der Waals surface area contributed by atoms with Gasteiger partial charge in [-0.3, -0.25) is 9.69 Å². The number of benzene rings is 1. The number of aliphatic hydroxyl groups is 1. The maximum Gasteiger partial charge on any atom is 0.393 e. The number of amides is 1. The lowest BCUT2D eigenvalue weighted by Gasteiger charge is -2.34.